The molecule has 2 saturated heterocycles. The summed E-state index contributed by atoms with van der Waals surface area (Å²) in [7, 11) is 3.32. The number of rotatable bonds is 10. The highest BCUT2D eigenvalue weighted by Crippen LogP contribution is 2.35. The highest BCUT2D eigenvalue weighted by Gasteiger charge is 2.24. The van der Waals surface area contributed by atoms with Crippen molar-refractivity contribution in [1.29, 1.82) is 0 Å². The Kier molecular flexibility index (Phi) is 8.92. The third-order valence-corrected chi connectivity index (χ3v) is 8.25. The number of benzene rings is 2. The first kappa shape index (κ1) is 30.1. The van der Waals surface area contributed by atoms with Gasteiger partial charge in [0.25, 0.3) is 0 Å². The quantitative estimate of drug-likeness (QED) is 0.222. The number of carbonyl (C=O) groups excluding carboxylic acids is 1. The summed E-state index contributed by atoms with van der Waals surface area (Å²) in [6.45, 7) is 6.48. The number of fused-ring (bicyclic) bond motifs is 1. The van der Waals surface area contributed by atoms with E-state index in [1.54, 1.807) is 43.5 Å². The minimum atomic E-state index is -0.497. The Morgan fingerprint density at radius 2 is 1.82 bits per heavy atom. The van der Waals surface area contributed by atoms with Crippen molar-refractivity contribution in [3.63, 3.8) is 0 Å². The lowest BCUT2D eigenvalue weighted by atomic mass is 10.0. The third-order valence-electron chi connectivity index (χ3n) is 8.25. The maximum absolute atomic E-state index is 15.4. The molecule has 0 spiro atoms. The van der Waals surface area contributed by atoms with Crippen molar-refractivity contribution in [3.8, 4) is 17.2 Å². The highest BCUT2D eigenvalue weighted by molar-refractivity contribution is 5.95. The normalized spacial score (nSPS) is 16.9. The monoisotopic (exact) mass is 613 g/mol. The number of amides is 1. The van der Waals surface area contributed by atoms with Crippen molar-refractivity contribution in [1.82, 2.24) is 19.9 Å². The van der Waals surface area contributed by atoms with Crippen LogP contribution in [0.5, 0.6) is 17.2 Å². The van der Waals surface area contributed by atoms with Gasteiger partial charge in [-0.2, -0.15) is 0 Å². The van der Waals surface area contributed by atoms with Crippen LogP contribution in [-0.4, -0.2) is 78.3 Å². The lowest BCUT2D eigenvalue weighted by Crippen LogP contribution is -2.41. The summed E-state index contributed by atoms with van der Waals surface area (Å²) in [4.78, 5) is 29.2. The van der Waals surface area contributed by atoms with Crippen LogP contribution in [0.4, 0.5) is 27.4 Å². The van der Waals surface area contributed by atoms with Crippen molar-refractivity contribution in [2.75, 3.05) is 55.9 Å². The molecule has 0 aliphatic carbocycles. The van der Waals surface area contributed by atoms with Gasteiger partial charge in [-0.05, 0) is 49.6 Å². The van der Waals surface area contributed by atoms with Gasteiger partial charge in [0, 0.05) is 69.1 Å². The first-order valence-electron chi connectivity index (χ1n) is 14.9. The Morgan fingerprint density at radius 3 is 2.56 bits per heavy atom. The van der Waals surface area contributed by atoms with Crippen LogP contribution in [-0.2, 0) is 9.53 Å². The zero-order valence-electron chi connectivity index (χ0n) is 25.3. The number of pyridine rings is 1. The minimum absolute atomic E-state index is 0.0542. The number of halogens is 1. The molecule has 11 nitrogen and oxygen atoms in total. The molecule has 2 fully saturated rings. The molecule has 2 N–H and O–H groups in total. The molecule has 2 aromatic heterocycles. The summed E-state index contributed by atoms with van der Waals surface area (Å²) in [5, 5.41) is 7.37. The molecule has 0 unspecified atom stereocenters. The Hall–Kier alpha value is -4.97. The number of hydrogen-bond donors (Lipinski definition) is 2. The lowest BCUT2D eigenvalue weighted by Gasteiger charge is -2.32. The van der Waals surface area contributed by atoms with Crippen molar-refractivity contribution in [2.24, 2.45) is 0 Å². The van der Waals surface area contributed by atoms with Gasteiger partial charge in [-0.25, -0.2) is 19.3 Å². The molecular formula is C33H36FN7O4. The van der Waals surface area contributed by atoms with Gasteiger partial charge < -0.3 is 34.6 Å². The van der Waals surface area contributed by atoms with Crippen LogP contribution in [0.2, 0.25) is 0 Å². The SMILES string of the molecule is C=CC(=O)N1CCC(Nc2cc3c(Nc4ccc(Oc5ccnc(N6CC[C@@H](OC)C6)c5)cc4F)ncnc3cc2OC)CC1. The maximum atomic E-state index is 15.4. The van der Waals surface area contributed by atoms with Gasteiger partial charge in [-0.1, -0.05) is 6.58 Å². The number of nitrogens with zero attached hydrogens (tertiary/aromatic N) is 5. The average molecular weight is 614 g/mol. The molecule has 1 amide bonds. The van der Waals surface area contributed by atoms with E-state index in [9.17, 15) is 4.79 Å². The summed E-state index contributed by atoms with van der Waals surface area (Å²) in [6, 6.07) is 12.1. The first-order chi connectivity index (χ1) is 21.9. The Morgan fingerprint density at radius 1 is 1.00 bits per heavy atom. The number of methoxy groups -OCH3 is 2. The van der Waals surface area contributed by atoms with Crippen molar-refractivity contribution < 1.29 is 23.4 Å². The summed E-state index contributed by atoms with van der Waals surface area (Å²) < 4.78 is 32.5. The van der Waals surface area contributed by atoms with Crippen molar-refractivity contribution >= 4 is 39.8 Å². The smallest absolute Gasteiger partial charge is 0.245 e. The van der Waals surface area contributed by atoms with Gasteiger partial charge >= 0.3 is 0 Å². The number of carbonyl (C=O) groups is 1. The molecule has 4 heterocycles. The summed E-state index contributed by atoms with van der Waals surface area (Å²) in [6.07, 6.45) is 7.14. The fourth-order valence-electron chi connectivity index (χ4n) is 5.75. The Labute approximate surface area is 261 Å². The predicted molar refractivity (Wildman–Crippen MR) is 171 cm³/mol. The van der Waals surface area contributed by atoms with Gasteiger partial charge in [-0.15, -0.1) is 0 Å². The van der Waals surface area contributed by atoms with E-state index < -0.39 is 5.82 Å². The van der Waals surface area contributed by atoms with Gasteiger partial charge in [0.15, 0.2) is 0 Å². The van der Waals surface area contributed by atoms with Crippen LogP contribution < -0.4 is 25.0 Å². The second kappa shape index (κ2) is 13.3. The fourth-order valence-corrected chi connectivity index (χ4v) is 5.75. The number of likely N-dealkylation sites (tertiary alicyclic amines) is 1. The van der Waals surface area contributed by atoms with E-state index in [2.05, 4.69) is 37.1 Å². The van der Waals surface area contributed by atoms with Crippen LogP contribution in [0, 0.1) is 5.82 Å². The largest absolute Gasteiger partial charge is 0.495 e. The van der Waals surface area contributed by atoms with E-state index >= 15 is 4.39 Å². The van der Waals surface area contributed by atoms with Crippen LogP contribution in [0.15, 0.2) is 67.6 Å². The molecule has 1 atom stereocenters. The molecule has 0 radical (unpaired) electrons. The second-order valence-corrected chi connectivity index (χ2v) is 11.1. The van der Waals surface area contributed by atoms with E-state index in [0.29, 0.717) is 47.1 Å². The lowest BCUT2D eigenvalue weighted by molar-refractivity contribution is -0.126. The van der Waals surface area contributed by atoms with E-state index in [-0.39, 0.29) is 23.7 Å². The Bertz CT molecular complexity index is 1700. The van der Waals surface area contributed by atoms with Crippen LogP contribution in [0.25, 0.3) is 10.9 Å². The Balaban J connectivity index is 1.17. The molecule has 0 saturated carbocycles. The molecule has 0 bridgehead atoms. The first-order valence-corrected chi connectivity index (χ1v) is 14.9. The number of hydrogen-bond acceptors (Lipinski definition) is 10. The molecule has 45 heavy (non-hydrogen) atoms. The van der Waals surface area contributed by atoms with E-state index in [1.165, 1.54) is 18.5 Å². The summed E-state index contributed by atoms with van der Waals surface area (Å²) in [5.74, 6) is 2.24. The molecule has 4 aromatic rings. The zero-order valence-corrected chi connectivity index (χ0v) is 25.3. The molecular weight excluding hydrogens is 577 g/mol. The highest BCUT2D eigenvalue weighted by atomic mass is 19.1. The number of piperidine rings is 1. The number of aromatic nitrogens is 3. The van der Waals surface area contributed by atoms with Crippen LogP contribution >= 0.6 is 0 Å². The fraction of sp³-hybridized carbons (Fsp3) is 0.333. The predicted octanol–water partition coefficient (Wildman–Crippen LogP) is 5.52. The maximum Gasteiger partial charge on any atom is 0.245 e. The number of ether oxygens (including phenoxy) is 3. The van der Waals surface area contributed by atoms with Gasteiger partial charge in [0.1, 0.15) is 41.0 Å². The average Bonchev–Trinajstić information content (AvgIpc) is 3.56. The summed E-state index contributed by atoms with van der Waals surface area (Å²) in [5.41, 5.74) is 1.65. The number of nitrogens with one attached hydrogen (secondary N) is 2. The molecule has 234 valence electrons. The number of anilines is 4. The molecule has 2 aromatic carbocycles. The molecule has 6 rings (SSSR count). The van der Waals surface area contributed by atoms with E-state index in [1.807, 2.05) is 18.2 Å². The van der Waals surface area contributed by atoms with Gasteiger partial charge in [0.05, 0.1) is 30.1 Å². The van der Waals surface area contributed by atoms with Crippen LogP contribution in [0.1, 0.15) is 19.3 Å². The molecule has 2 aliphatic rings. The second-order valence-electron chi connectivity index (χ2n) is 11.1. The van der Waals surface area contributed by atoms with Crippen molar-refractivity contribution in [3.05, 3.63) is 73.5 Å². The summed E-state index contributed by atoms with van der Waals surface area (Å²) >= 11 is 0. The van der Waals surface area contributed by atoms with Crippen molar-refractivity contribution in [2.45, 2.75) is 31.4 Å². The zero-order chi connectivity index (χ0) is 31.3. The third kappa shape index (κ3) is 6.75. The van der Waals surface area contributed by atoms with Crippen LogP contribution in [0.3, 0.4) is 0 Å². The van der Waals surface area contributed by atoms with Gasteiger partial charge in [-0.3, -0.25) is 4.79 Å². The standard InChI is InChI=1S/C33H36FN7O4/c1-4-32(42)40-12-8-21(9-13-40)38-29-17-25-28(18-30(29)44-3)36-20-37-33(25)39-27-6-5-22(15-26(27)34)45-23-7-11-35-31(16-23)41-14-10-24(19-41)43-2/h4-7,11,15-18,20-21,24,38H,1,8-10,12-14,19H2,2-3H3,(H,36,37,39)/t24-/m1/s1. The van der Waals surface area contributed by atoms with Gasteiger partial charge in [0.2, 0.25) is 5.91 Å². The van der Waals surface area contributed by atoms with E-state index in [0.717, 1.165) is 43.9 Å². The molecule has 2 aliphatic heterocycles. The topological polar surface area (TPSA) is 114 Å². The van der Waals surface area contributed by atoms with E-state index in [4.69, 9.17) is 14.2 Å². The molecule has 12 heteroatoms. The minimum Gasteiger partial charge on any atom is -0.495 e.